The smallest absolute Gasteiger partial charge is 0.265 e. The van der Waals surface area contributed by atoms with Crippen LogP contribution in [-0.2, 0) is 9.59 Å². The van der Waals surface area contributed by atoms with E-state index in [1.54, 1.807) is 42.4 Å². The molecule has 158 valence electrons. The van der Waals surface area contributed by atoms with E-state index in [9.17, 15) is 9.59 Å². The monoisotopic (exact) mass is 410 g/mol. The molecule has 0 aromatic heterocycles. The maximum atomic E-state index is 12.4. The summed E-state index contributed by atoms with van der Waals surface area (Å²) in [6.45, 7) is 5.09. The number of rotatable bonds is 8. The van der Waals surface area contributed by atoms with Crippen LogP contribution in [-0.4, -0.2) is 38.7 Å². The van der Waals surface area contributed by atoms with Crippen molar-refractivity contribution in [3.05, 3.63) is 48.0 Å². The van der Waals surface area contributed by atoms with E-state index in [1.807, 2.05) is 26.0 Å². The second kappa shape index (κ2) is 9.82. The predicted octanol–water partition coefficient (Wildman–Crippen LogP) is 3.88. The standard InChI is InChI=1S/C23H26N2O5/c1-4-12-25-18-14-17(8-10-19(18)30-15-23(25)27)24-22(26)11-7-16-6-9-20(29-5-2)21(13-16)28-3/h6-11,13-14H,4-5,12,15H2,1-3H3,(H,24,26)/b11-7+. The number of amides is 2. The Morgan fingerprint density at radius 1 is 1.20 bits per heavy atom. The summed E-state index contributed by atoms with van der Waals surface area (Å²) in [4.78, 5) is 26.2. The molecular weight excluding hydrogens is 384 g/mol. The molecule has 0 unspecified atom stereocenters. The molecule has 2 amide bonds. The summed E-state index contributed by atoms with van der Waals surface area (Å²) < 4.78 is 16.3. The summed E-state index contributed by atoms with van der Waals surface area (Å²) in [5.41, 5.74) is 2.07. The fourth-order valence-corrected chi connectivity index (χ4v) is 3.17. The molecule has 0 saturated heterocycles. The Kier molecular flexibility index (Phi) is 6.95. The average molecular weight is 410 g/mol. The summed E-state index contributed by atoms with van der Waals surface area (Å²) in [5, 5.41) is 2.82. The molecule has 0 fully saturated rings. The van der Waals surface area contributed by atoms with Crippen LogP contribution in [0.5, 0.6) is 17.2 Å². The zero-order chi connectivity index (χ0) is 21.5. The van der Waals surface area contributed by atoms with Crippen LogP contribution in [0.3, 0.4) is 0 Å². The molecule has 1 aliphatic rings. The first-order valence-electron chi connectivity index (χ1n) is 9.92. The lowest BCUT2D eigenvalue weighted by Gasteiger charge is -2.29. The Balaban J connectivity index is 1.71. The summed E-state index contributed by atoms with van der Waals surface area (Å²) >= 11 is 0. The minimum Gasteiger partial charge on any atom is -0.493 e. The first-order chi connectivity index (χ1) is 14.5. The van der Waals surface area contributed by atoms with Crippen LogP contribution < -0.4 is 24.4 Å². The molecule has 3 rings (SSSR count). The summed E-state index contributed by atoms with van der Waals surface area (Å²) in [6.07, 6.45) is 3.97. The molecule has 30 heavy (non-hydrogen) atoms. The third-order valence-corrected chi connectivity index (χ3v) is 4.53. The van der Waals surface area contributed by atoms with E-state index in [2.05, 4.69) is 5.32 Å². The number of hydrogen-bond acceptors (Lipinski definition) is 5. The van der Waals surface area contributed by atoms with Crippen molar-refractivity contribution in [1.29, 1.82) is 0 Å². The van der Waals surface area contributed by atoms with Crippen molar-refractivity contribution in [1.82, 2.24) is 0 Å². The third-order valence-electron chi connectivity index (χ3n) is 4.53. The van der Waals surface area contributed by atoms with Gasteiger partial charge >= 0.3 is 0 Å². The van der Waals surface area contributed by atoms with Gasteiger partial charge in [0.2, 0.25) is 5.91 Å². The lowest BCUT2D eigenvalue weighted by atomic mass is 10.1. The van der Waals surface area contributed by atoms with Gasteiger partial charge in [-0.15, -0.1) is 0 Å². The lowest BCUT2D eigenvalue weighted by Crippen LogP contribution is -2.39. The van der Waals surface area contributed by atoms with Crippen molar-refractivity contribution in [3.8, 4) is 17.2 Å². The minimum absolute atomic E-state index is 0.0347. The van der Waals surface area contributed by atoms with E-state index in [4.69, 9.17) is 14.2 Å². The molecule has 1 N–H and O–H groups in total. The lowest BCUT2D eigenvalue weighted by molar-refractivity contribution is -0.121. The summed E-state index contributed by atoms with van der Waals surface area (Å²) in [5.74, 6) is 1.53. The summed E-state index contributed by atoms with van der Waals surface area (Å²) in [6, 6.07) is 10.7. The van der Waals surface area contributed by atoms with Gasteiger partial charge in [0, 0.05) is 18.3 Å². The molecule has 2 aromatic rings. The highest BCUT2D eigenvalue weighted by atomic mass is 16.5. The van der Waals surface area contributed by atoms with Crippen LogP contribution in [0.1, 0.15) is 25.8 Å². The molecule has 1 aliphatic heterocycles. The maximum Gasteiger partial charge on any atom is 0.265 e. The van der Waals surface area contributed by atoms with Gasteiger partial charge in [-0.1, -0.05) is 13.0 Å². The van der Waals surface area contributed by atoms with Gasteiger partial charge in [-0.25, -0.2) is 0 Å². The van der Waals surface area contributed by atoms with Crippen molar-refractivity contribution >= 4 is 29.3 Å². The number of methoxy groups -OCH3 is 1. The number of benzene rings is 2. The first kappa shape index (κ1) is 21.2. The second-order valence-electron chi connectivity index (χ2n) is 6.68. The molecule has 2 aromatic carbocycles. The first-order valence-corrected chi connectivity index (χ1v) is 9.92. The van der Waals surface area contributed by atoms with Gasteiger partial charge in [0.1, 0.15) is 5.75 Å². The van der Waals surface area contributed by atoms with Gasteiger partial charge in [-0.3, -0.25) is 9.59 Å². The zero-order valence-corrected chi connectivity index (χ0v) is 17.4. The molecule has 7 heteroatoms. The fraction of sp³-hybridized carbons (Fsp3) is 0.304. The van der Waals surface area contributed by atoms with Gasteiger partial charge in [0.25, 0.3) is 5.91 Å². The topological polar surface area (TPSA) is 77.1 Å². The Labute approximate surface area is 176 Å². The van der Waals surface area contributed by atoms with Crippen LogP contribution in [0.2, 0.25) is 0 Å². The van der Waals surface area contributed by atoms with Crippen LogP contribution in [0.15, 0.2) is 42.5 Å². The van der Waals surface area contributed by atoms with Crippen LogP contribution in [0.25, 0.3) is 6.08 Å². The molecule has 0 spiro atoms. The van der Waals surface area contributed by atoms with Crippen LogP contribution in [0, 0.1) is 0 Å². The number of ether oxygens (including phenoxy) is 3. The molecule has 0 radical (unpaired) electrons. The van der Waals surface area contributed by atoms with Crippen molar-refractivity contribution in [2.24, 2.45) is 0 Å². The number of nitrogens with one attached hydrogen (secondary N) is 1. The van der Waals surface area contributed by atoms with Gasteiger partial charge in [0.05, 0.1) is 19.4 Å². The van der Waals surface area contributed by atoms with E-state index >= 15 is 0 Å². The van der Waals surface area contributed by atoms with Crippen LogP contribution >= 0.6 is 0 Å². The Morgan fingerprint density at radius 3 is 2.77 bits per heavy atom. The van der Waals surface area contributed by atoms with Crippen molar-refractivity contribution in [3.63, 3.8) is 0 Å². The molecule has 0 aliphatic carbocycles. The quantitative estimate of drug-likeness (QED) is 0.669. The summed E-state index contributed by atoms with van der Waals surface area (Å²) in [7, 11) is 1.57. The molecule has 0 bridgehead atoms. The minimum atomic E-state index is -0.284. The highest BCUT2D eigenvalue weighted by Crippen LogP contribution is 2.34. The van der Waals surface area contributed by atoms with Crippen LogP contribution in [0.4, 0.5) is 11.4 Å². The Morgan fingerprint density at radius 2 is 2.03 bits per heavy atom. The number of fused-ring (bicyclic) bond motifs is 1. The second-order valence-corrected chi connectivity index (χ2v) is 6.68. The van der Waals surface area contributed by atoms with Gasteiger partial charge in [-0.2, -0.15) is 0 Å². The molecule has 1 heterocycles. The zero-order valence-electron chi connectivity index (χ0n) is 17.4. The average Bonchev–Trinajstić information content (AvgIpc) is 2.75. The number of carbonyl (C=O) groups excluding carboxylic acids is 2. The Bertz CT molecular complexity index is 955. The number of nitrogens with zero attached hydrogens (tertiary/aromatic N) is 1. The third kappa shape index (κ3) is 4.92. The van der Waals surface area contributed by atoms with E-state index in [-0.39, 0.29) is 18.4 Å². The largest absolute Gasteiger partial charge is 0.493 e. The molecular formula is C23H26N2O5. The molecule has 0 saturated carbocycles. The molecule has 7 nitrogen and oxygen atoms in total. The van der Waals surface area contributed by atoms with E-state index < -0.39 is 0 Å². The van der Waals surface area contributed by atoms with Crippen molar-refractivity contribution in [2.45, 2.75) is 20.3 Å². The number of anilines is 2. The van der Waals surface area contributed by atoms with E-state index in [0.29, 0.717) is 41.8 Å². The fourth-order valence-electron chi connectivity index (χ4n) is 3.17. The normalized spacial score (nSPS) is 13.0. The number of hydrogen-bond donors (Lipinski definition) is 1. The highest BCUT2D eigenvalue weighted by Gasteiger charge is 2.25. The highest BCUT2D eigenvalue weighted by molar-refractivity contribution is 6.03. The number of carbonyl (C=O) groups is 2. The van der Waals surface area contributed by atoms with E-state index in [0.717, 1.165) is 12.0 Å². The van der Waals surface area contributed by atoms with Crippen molar-refractivity contribution in [2.75, 3.05) is 37.1 Å². The maximum absolute atomic E-state index is 12.4. The molecule has 0 atom stereocenters. The SMILES string of the molecule is CCCN1C(=O)COc2ccc(NC(=O)/C=C/c3ccc(OCC)c(OC)c3)cc21. The van der Waals surface area contributed by atoms with Gasteiger partial charge in [-0.05, 0) is 55.3 Å². The predicted molar refractivity (Wildman–Crippen MR) is 116 cm³/mol. The van der Waals surface area contributed by atoms with Gasteiger partial charge in [0.15, 0.2) is 18.1 Å². The van der Waals surface area contributed by atoms with Crippen molar-refractivity contribution < 1.29 is 23.8 Å². The Hall–Kier alpha value is -3.48. The van der Waals surface area contributed by atoms with Gasteiger partial charge < -0.3 is 24.4 Å². The van der Waals surface area contributed by atoms with E-state index in [1.165, 1.54) is 6.08 Å².